The Morgan fingerprint density at radius 2 is 1.67 bits per heavy atom. The van der Waals surface area contributed by atoms with Crippen LogP contribution in [-0.4, -0.2) is 11.1 Å². The summed E-state index contributed by atoms with van der Waals surface area (Å²) in [5.41, 5.74) is 8.38. The van der Waals surface area contributed by atoms with Gasteiger partial charge in [-0.2, -0.15) is 0 Å². The molecule has 0 fully saturated rings. The van der Waals surface area contributed by atoms with E-state index in [9.17, 15) is 4.79 Å². The second kappa shape index (κ2) is 11.7. The minimum Gasteiger partial charge on any atom is -0.481 e. The van der Waals surface area contributed by atoms with Gasteiger partial charge in [0.2, 0.25) is 0 Å². The van der Waals surface area contributed by atoms with Crippen LogP contribution in [0.4, 0.5) is 0 Å². The van der Waals surface area contributed by atoms with E-state index in [1.165, 1.54) is 22.3 Å². The van der Waals surface area contributed by atoms with Crippen molar-refractivity contribution in [3.63, 3.8) is 0 Å². The standard InChI is InChI=1S/C30H31ClO2/c1-21-11-12-25(17-22(21)2)19-28(27-8-6-9-29(31)20-27)16-15-26-14-13-24(18-23(26)3)7-4-5-10-30(32)33/h6,8-9,11-14,17-18,20,28H,4-5,7,10,19H2,1-3H3,(H,32,33). The normalized spacial score (nSPS) is 11.5. The minimum absolute atomic E-state index is 0.0425. The fraction of sp³-hybridized carbons (Fsp3) is 0.300. The molecule has 0 aliphatic rings. The number of carboxylic acids is 1. The fourth-order valence-corrected chi connectivity index (χ4v) is 4.13. The lowest BCUT2D eigenvalue weighted by Gasteiger charge is -2.13. The maximum absolute atomic E-state index is 10.7. The predicted octanol–water partition coefficient (Wildman–Crippen LogP) is 7.44. The highest BCUT2D eigenvalue weighted by Crippen LogP contribution is 2.25. The van der Waals surface area contributed by atoms with Crippen LogP contribution in [0.5, 0.6) is 0 Å². The number of unbranched alkanes of at least 4 members (excludes halogenated alkanes) is 1. The third-order valence-electron chi connectivity index (χ3n) is 6.04. The van der Waals surface area contributed by atoms with E-state index in [2.05, 4.69) is 75.1 Å². The first kappa shape index (κ1) is 24.6. The van der Waals surface area contributed by atoms with Crippen molar-refractivity contribution in [1.82, 2.24) is 0 Å². The highest BCUT2D eigenvalue weighted by atomic mass is 35.5. The molecule has 3 aromatic carbocycles. The van der Waals surface area contributed by atoms with Crippen LogP contribution >= 0.6 is 11.6 Å². The number of hydrogen-bond donors (Lipinski definition) is 1. The maximum Gasteiger partial charge on any atom is 0.303 e. The van der Waals surface area contributed by atoms with Crippen molar-refractivity contribution in [1.29, 1.82) is 0 Å². The second-order valence-corrected chi connectivity index (χ2v) is 9.19. The molecule has 3 heteroatoms. The second-order valence-electron chi connectivity index (χ2n) is 8.75. The Balaban J connectivity index is 1.81. The number of rotatable bonds is 8. The number of benzene rings is 3. The summed E-state index contributed by atoms with van der Waals surface area (Å²) in [7, 11) is 0. The maximum atomic E-state index is 10.7. The molecule has 170 valence electrons. The summed E-state index contributed by atoms with van der Waals surface area (Å²) in [5.74, 6) is 6.24. The van der Waals surface area contributed by atoms with Gasteiger partial charge >= 0.3 is 5.97 Å². The van der Waals surface area contributed by atoms with Crippen LogP contribution in [0.1, 0.15) is 64.1 Å². The fourth-order valence-electron chi connectivity index (χ4n) is 3.93. The Kier molecular flexibility index (Phi) is 8.75. The summed E-state index contributed by atoms with van der Waals surface area (Å²) >= 11 is 6.29. The Labute approximate surface area is 202 Å². The molecule has 0 aliphatic heterocycles. The molecule has 33 heavy (non-hydrogen) atoms. The number of aliphatic carboxylic acids is 1. The van der Waals surface area contributed by atoms with E-state index < -0.39 is 5.97 Å². The average molecular weight is 459 g/mol. The van der Waals surface area contributed by atoms with Crippen LogP contribution in [0.2, 0.25) is 5.02 Å². The molecule has 0 bridgehead atoms. The van der Waals surface area contributed by atoms with E-state index in [1.54, 1.807) is 0 Å². The van der Waals surface area contributed by atoms with Crippen molar-refractivity contribution >= 4 is 17.6 Å². The summed E-state index contributed by atoms with van der Waals surface area (Å²) in [4.78, 5) is 10.7. The van der Waals surface area contributed by atoms with Crippen molar-refractivity contribution in [2.45, 2.75) is 58.8 Å². The number of carboxylic acid groups (broad SMARTS) is 1. The monoisotopic (exact) mass is 458 g/mol. The molecular formula is C30H31ClO2. The molecule has 0 amide bonds. The molecule has 2 nitrogen and oxygen atoms in total. The molecule has 0 heterocycles. The lowest BCUT2D eigenvalue weighted by Crippen LogP contribution is -2.02. The van der Waals surface area contributed by atoms with Crippen LogP contribution in [-0.2, 0) is 17.6 Å². The Bertz CT molecular complexity index is 1180. The Morgan fingerprint density at radius 3 is 2.36 bits per heavy atom. The number of carbonyl (C=O) groups is 1. The van der Waals surface area contributed by atoms with Gasteiger partial charge in [-0.25, -0.2) is 0 Å². The molecule has 0 aromatic heterocycles. The SMILES string of the molecule is Cc1ccc(CC(C#Cc2ccc(CCCCC(=O)O)cc2C)c2cccc(Cl)c2)cc1C. The molecular weight excluding hydrogens is 428 g/mol. The number of halogens is 1. The van der Waals surface area contributed by atoms with Gasteiger partial charge in [0, 0.05) is 22.9 Å². The van der Waals surface area contributed by atoms with E-state index in [0.29, 0.717) is 6.42 Å². The van der Waals surface area contributed by atoms with Crippen LogP contribution < -0.4 is 0 Å². The van der Waals surface area contributed by atoms with Crippen LogP contribution in [0.3, 0.4) is 0 Å². The quantitative estimate of drug-likeness (QED) is 0.281. The first-order chi connectivity index (χ1) is 15.8. The Hall–Kier alpha value is -3.02. The molecule has 0 radical (unpaired) electrons. The van der Waals surface area contributed by atoms with Gasteiger partial charge in [-0.3, -0.25) is 4.79 Å². The van der Waals surface area contributed by atoms with E-state index in [1.807, 2.05) is 18.2 Å². The molecule has 3 aromatic rings. The van der Waals surface area contributed by atoms with Gasteiger partial charge in [0.1, 0.15) is 0 Å². The predicted molar refractivity (Wildman–Crippen MR) is 137 cm³/mol. The summed E-state index contributed by atoms with van der Waals surface area (Å²) in [6, 6.07) is 21.0. The van der Waals surface area contributed by atoms with Gasteiger partial charge in [-0.15, -0.1) is 0 Å². The van der Waals surface area contributed by atoms with Crippen LogP contribution in [0.25, 0.3) is 0 Å². The van der Waals surface area contributed by atoms with Gasteiger partial charge in [-0.1, -0.05) is 65.9 Å². The van der Waals surface area contributed by atoms with E-state index in [-0.39, 0.29) is 12.3 Å². The largest absolute Gasteiger partial charge is 0.481 e. The molecule has 1 atom stereocenters. The zero-order chi connectivity index (χ0) is 23.8. The smallest absolute Gasteiger partial charge is 0.303 e. The summed E-state index contributed by atoms with van der Waals surface area (Å²) in [6.45, 7) is 6.36. The molecule has 0 saturated carbocycles. The van der Waals surface area contributed by atoms with Gasteiger partial charge in [0.05, 0.1) is 0 Å². The van der Waals surface area contributed by atoms with Crippen LogP contribution in [0.15, 0.2) is 60.7 Å². The zero-order valence-electron chi connectivity index (χ0n) is 19.6. The topological polar surface area (TPSA) is 37.3 Å². The molecule has 1 N–H and O–H groups in total. The van der Waals surface area contributed by atoms with Crippen molar-refractivity contribution < 1.29 is 9.90 Å². The van der Waals surface area contributed by atoms with Crippen molar-refractivity contribution in [3.05, 3.63) is 105 Å². The lowest BCUT2D eigenvalue weighted by atomic mass is 9.90. The highest BCUT2D eigenvalue weighted by molar-refractivity contribution is 6.30. The third-order valence-corrected chi connectivity index (χ3v) is 6.28. The van der Waals surface area contributed by atoms with Gasteiger partial charge in [-0.05, 0) is 98.0 Å². The summed E-state index contributed by atoms with van der Waals surface area (Å²) < 4.78 is 0. The van der Waals surface area contributed by atoms with E-state index in [0.717, 1.165) is 41.0 Å². The average Bonchev–Trinajstić information content (AvgIpc) is 2.77. The highest BCUT2D eigenvalue weighted by Gasteiger charge is 2.11. The lowest BCUT2D eigenvalue weighted by molar-refractivity contribution is -0.137. The first-order valence-electron chi connectivity index (χ1n) is 11.5. The molecule has 3 rings (SSSR count). The van der Waals surface area contributed by atoms with Crippen LogP contribution in [0, 0.1) is 32.6 Å². The molecule has 0 spiro atoms. The van der Waals surface area contributed by atoms with E-state index >= 15 is 0 Å². The molecule has 1 unspecified atom stereocenters. The van der Waals surface area contributed by atoms with Crippen molar-refractivity contribution in [3.8, 4) is 11.8 Å². The third kappa shape index (κ3) is 7.52. The van der Waals surface area contributed by atoms with Crippen molar-refractivity contribution in [2.75, 3.05) is 0 Å². The molecule has 0 saturated heterocycles. The van der Waals surface area contributed by atoms with Gasteiger partial charge in [0.15, 0.2) is 0 Å². The minimum atomic E-state index is -0.730. The van der Waals surface area contributed by atoms with Gasteiger partial charge in [0.25, 0.3) is 0 Å². The van der Waals surface area contributed by atoms with Crippen molar-refractivity contribution in [2.24, 2.45) is 0 Å². The van der Waals surface area contributed by atoms with Gasteiger partial charge < -0.3 is 5.11 Å². The summed E-state index contributed by atoms with van der Waals surface area (Å²) in [6.07, 6.45) is 3.53. The van der Waals surface area contributed by atoms with E-state index in [4.69, 9.17) is 16.7 Å². The number of hydrogen-bond acceptors (Lipinski definition) is 1. The first-order valence-corrected chi connectivity index (χ1v) is 11.8. The number of aryl methyl sites for hydroxylation is 4. The Morgan fingerprint density at radius 1 is 0.909 bits per heavy atom. The molecule has 0 aliphatic carbocycles. The summed E-state index contributed by atoms with van der Waals surface area (Å²) in [5, 5.41) is 9.51. The zero-order valence-corrected chi connectivity index (χ0v) is 20.4.